The maximum absolute atomic E-state index is 3.51. The summed E-state index contributed by atoms with van der Waals surface area (Å²) in [6.45, 7) is 0. The monoisotopic (exact) mass is 248 g/mol. The van der Waals surface area contributed by atoms with Gasteiger partial charge in [-0.15, -0.1) is 23.5 Å². The molecule has 0 bridgehead atoms. The highest BCUT2D eigenvalue weighted by Gasteiger charge is 2.02. The zero-order valence-electron chi connectivity index (χ0n) is 6.43. The van der Waals surface area contributed by atoms with Crippen LogP contribution in [0.15, 0.2) is 32.5 Å². The molecule has 0 N–H and O–H groups in total. The summed E-state index contributed by atoms with van der Waals surface area (Å²) in [5.74, 6) is 0. The minimum Gasteiger partial charge on any atom is -0.128 e. The molecule has 1 aromatic carbocycles. The fraction of sp³-hybridized carbons (Fsp3) is 0.250. The maximum atomic E-state index is 3.51. The normalized spacial score (nSPS) is 10.1. The third-order valence-electron chi connectivity index (χ3n) is 1.35. The smallest absolute Gasteiger partial charge is 0.0347 e. The van der Waals surface area contributed by atoms with E-state index in [4.69, 9.17) is 0 Å². The zero-order valence-corrected chi connectivity index (χ0v) is 9.65. The Morgan fingerprint density at radius 2 is 1.91 bits per heavy atom. The summed E-state index contributed by atoms with van der Waals surface area (Å²) >= 11 is 7.08. The molecule has 1 aromatic rings. The van der Waals surface area contributed by atoms with E-state index < -0.39 is 0 Å². The van der Waals surface area contributed by atoms with Crippen LogP contribution in [0.4, 0.5) is 0 Å². The van der Waals surface area contributed by atoms with Gasteiger partial charge in [-0.3, -0.25) is 0 Å². The molecule has 0 heterocycles. The van der Waals surface area contributed by atoms with Crippen molar-refractivity contribution in [2.75, 3.05) is 12.5 Å². The third kappa shape index (κ3) is 2.17. The molecule has 0 aliphatic heterocycles. The van der Waals surface area contributed by atoms with Crippen LogP contribution in [0.1, 0.15) is 0 Å². The summed E-state index contributed by atoms with van der Waals surface area (Å²) in [4.78, 5) is 2.67. The van der Waals surface area contributed by atoms with Crippen LogP contribution in [-0.4, -0.2) is 12.5 Å². The van der Waals surface area contributed by atoms with E-state index in [0.717, 1.165) is 0 Å². The van der Waals surface area contributed by atoms with Crippen LogP contribution in [0.3, 0.4) is 0 Å². The van der Waals surface area contributed by atoms with Crippen molar-refractivity contribution in [1.82, 2.24) is 0 Å². The molecule has 0 fully saturated rings. The minimum atomic E-state index is 1.19. The van der Waals surface area contributed by atoms with Gasteiger partial charge in [0.15, 0.2) is 0 Å². The van der Waals surface area contributed by atoms with Crippen LogP contribution < -0.4 is 0 Å². The van der Waals surface area contributed by atoms with Crippen LogP contribution >= 0.6 is 39.5 Å². The number of hydrogen-bond acceptors (Lipinski definition) is 2. The van der Waals surface area contributed by atoms with Gasteiger partial charge in [-0.1, -0.05) is 6.07 Å². The third-order valence-corrected chi connectivity index (χ3v) is 4.04. The zero-order chi connectivity index (χ0) is 8.27. The highest BCUT2D eigenvalue weighted by Crippen LogP contribution is 2.34. The summed E-state index contributed by atoms with van der Waals surface area (Å²) < 4.78 is 1.19. The summed E-state index contributed by atoms with van der Waals surface area (Å²) in [6, 6.07) is 6.28. The van der Waals surface area contributed by atoms with Crippen LogP contribution in [0, 0.1) is 0 Å². The van der Waals surface area contributed by atoms with Gasteiger partial charge >= 0.3 is 0 Å². The summed E-state index contributed by atoms with van der Waals surface area (Å²) in [5.41, 5.74) is 0. The van der Waals surface area contributed by atoms with E-state index in [0.29, 0.717) is 0 Å². The van der Waals surface area contributed by atoms with Crippen LogP contribution in [-0.2, 0) is 0 Å². The van der Waals surface area contributed by atoms with E-state index in [1.165, 1.54) is 14.3 Å². The van der Waals surface area contributed by atoms with Gasteiger partial charge in [0.1, 0.15) is 0 Å². The molecule has 0 aliphatic rings. The first-order chi connectivity index (χ1) is 5.29. The fourth-order valence-corrected chi connectivity index (χ4v) is 3.37. The van der Waals surface area contributed by atoms with Crippen molar-refractivity contribution >= 4 is 39.5 Å². The first-order valence-electron chi connectivity index (χ1n) is 3.16. The Morgan fingerprint density at radius 3 is 2.36 bits per heavy atom. The molecule has 0 aromatic heterocycles. The first kappa shape index (κ1) is 9.49. The van der Waals surface area contributed by atoms with E-state index in [-0.39, 0.29) is 0 Å². The second-order valence-corrected chi connectivity index (χ2v) is 4.49. The molecule has 0 radical (unpaired) electrons. The van der Waals surface area contributed by atoms with Crippen molar-refractivity contribution in [2.24, 2.45) is 0 Å². The van der Waals surface area contributed by atoms with Gasteiger partial charge in [0.25, 0.3) is 0 Å². The van der Waals surface area contributed by atoms with E-state index in [1.807, 2.05) is 0 Å². The minimum absolute atomic E-state index is 1.19. The Labute approximate surface area is 84.3 Å². The van der Waals surface area contributed by atoms with Crippen molar-refractivity contribution < 1.29 is 0 Å². The molecule has 0 saturated heterocycles. The lowest BCUT2D eigenvalue weighted by atomic mass is 10.4. The standard InChI is InChI=1S/C8H9BrS2/c1-10-7-5-3-4-6(9)8(7)11-2/h3-5H,1-2H3. The number of thioether (sulfide) groups is 2. The SMILES string of the molecule is CSc1cccc(Br)c1SC. The molecule has 0 unspecified atom stereocenters. The van der Waals surface area contributed by atoms with Gasteiger partial charge in [0.05, 0.1) is 0 Å². The summed E-state index contributed by atoms with van der Waals surface area (Å²) in [6.07, 6.45) is 4.20. The average Bonchev–Trinajstić information content (AvgIpc) is 2.04. The van der Waals surface area contributed by atoms with Crippen molar-refractivity contribution in [3.63, 3.8) is 0 Å². The Balaban J connectivity index is 3.13. The highest BCUT2D eigenvalue weighted by atomic mass is 79.9. The molecule has 3 heteroatoms. The van der Waals surface area contributed by atoms with Gasteiger partial charge in [-0.25, -0.2) is 0 Å². The van der Waals surface area contributed by atoms with Crippen LogP contribution in [0.2, 0.25) is 0 Å². The second-order valence-electron chi connectivity index (χ2n) is 1.98. The predicted octanol–water partition coefficient (Wildman–Crippen LogP) is 3.89. The van der Waals surface area contributed by atoms with Crippen molar-refractivity contribution in [1.29, 1.82) is 0 Å². The van der Waals surface area contributed by atoms with Crippen molar-refractivity contribution in [2.45, 2.75) is 9.79 Å². The molecule has 0 atom stereocenters. The van der Waals surface area contributed by atoms with Crippen LogP contribution in [0.5, 0.6) is 0 Å². The molecule has 11 heavy (non-hydrogen) atoms. The number of benzene rings is 1. The molecule has 0 spiro atoms. The van der Waals surface area contributed by atoms with Gasteiger partial charge in [-0.05, 0) is 40.6 Å². The largest absolute Gasteiger partial charge is 0.128 e. The quantitative estimate of drug-likeness (QED) is 0.729. The lowest BCUT2D eigenvalue weighted by Gasteiger charge is -2.05. The summed E-state index contributed by atoms with van der Waals surface area (Å²) in [5, 5.41) is 0. The summed E-state index contributed by atoms with van der Waals surface area (Å²) in [7, 11) is 0. The Kier molecular flexibility index (Phi) is 3.82. The van der Waals surface area contributed by atoms with E-state index in [9.17, 15) is 0 Å². The fourth-order valence-electron chi connectivity index (χ4n) is 0.848. The lowest BCUT2D eigenvalue weighted by Crippen LogP contribution is -1.77. The van der Waals surface area contributed by atoms with Crippen molar-refractivity contribution in [3.05, 3.63) is 22.7 Å². The van der Waals surface area contributed by atoms with Gasteiger partial charge in [0, 0.05) is 14.3 Å². The maximum Gasteiger partial charge on any atom is 0.0347 e. The van der Waals surface area contributed by atoms with Gasteiger partial charge < -0.3 is 0 Å². The number of halogens is 1. The molecule has 60 valence electrons. The Hall–Kier alpha value is 0.400. The van der Waals surface area contributed by atoms with E-state index in [1.54, 1.807) is 23.5 Å². The molecule has 1 rings (SSSR count). The Bertz CT molecular complexity index is 248. The predicted molar refractivity (Wildman–Crippen MR) is 57.7 cm³/mol. The van der Waals surface area contributed by atoms with Crippen LogP contribution in [0.25, 0.3) is 0 Å². The second kappa shape index (κ2) is 4.43. The molecular weight excluding hydrogens is 240 g/mol. The van der Waals surface area contributed by atoms with E-state index in [2.05, 4.69) is 46.6 Å². The van der Waals surface area contributed by atoms with Crippen molar-refractivity contribution in [3.8, 4) is 0 Å². The van der Waals surface area contributed by atoms with Gasteiger partial charge in [-0.2, -0.15) is 0 Å². The number of hydrogen-bond donors (Lipinski definition) is 0. The van der Waals surface area contributed by atoms with Gasteiger partial charge in [0.2, 0.25) is 0 Å². The lowest BCUT2D eigenvalue weighted by molar-refractivity contribution is 1.22. The molecule has 0 nitrogen and oxygen atoms in total. The first-order valence-corrected chi connectivity index (χ1v) is 6.40. The van der Waals surface area contributed by atoms with E-state index >= 15 is 0 Å². The number of rotatable bonds is 2. The highest BCUT2D eigenvalue weighted by molar-refractivity contribution is 9.10. The average molecular weight is 249 g/mol. The Morgan fingerprint density at radius 1 is 1.18 bits per heavy atom. The molecular formula is C8H9BrS2. The molecule has 0 aliphatic carbocycles. The topological polar surface area (TPSA) is 0 Å². The molecule has 0 amide bonds. The molecule has 0 saturated carbocycles.